The smallest absolute Gasteiger partial charge is 0.252 e. The number of likely N-dealkylation sites (tertiary alicyclic amines) is 1. The minimum Gasteiger partial charge on any atom is -0.365 e. The van der Waals surface area contributed by atoms with E-state index >= 15 is 4.39 Å². The molecular formula is C30H35FN6O2. The fourth-order valence-electron chi connectivity index (χ4n) is 6.57. The summed E-state index contributed by atoms with van der Waals surface area (Å²) in [6.45, 7) is 1.64. The molecule has 3 fully saturated rings. The highest BCUT2D eigenvalue weighted by Crippen LogP contribution is 2.41. The number of hydrogen-bond donors (Lipinski definition) is 1. The van der Waals surface area contributed by atoms with Gasteiger partial charge in [0.1, 0.15) is 17.5 Å². The fraction of sp³-hybridized carbons (Fsp3) is 0.567. The number of hydrogen-bond acceptors (Lipinski definition) is 6. The van der Waals surface area contributed by atoms with Gasteiger partial charge >= 0.3 is 0 Å². The van der Waals surface area contributed by atoms with Crippen molar-refractivity contribution in [2.75, 3.05) is 19.6 Å². The first-order chi connectivity index (χ1) is 18.8. The molecule has 204 valence electrons. The Hall–Kier alpha value is -3.56. The topological polar surface area (TPSA) is 129 Å². The average Bonchev–Trinajstić information content (AvgIpc) is 3.62. The number of carbonyl (C=O) groups is 2. The Morgan fingerprint density at radius 2 is 1.90 bits per heavy atom. The number of rotatable bonds is 9. The molecule has 9 heteroatoms. The highest BCUT2D eigenvalue weighted by molar-refractivity contribution is 5.96. The number of nitriles is 2. The number of nitrogens with two attached hydrogens (primary N) is 1. The van der Waals surface area contributed by atoms with Crippen molar-refractivity contribution in [1.29, 1.82) is 10.5 Å². The van der Waals surface area contributed by atoms with E-state index in [1.807, 2.05) is 6.07 Å². The van der Waals surface area contributed by atoms with Crippen molar-refractivity contribution in [3.63, 3.8) is 0 Å². The van der Waals surface area contributed by atoms with E-state index in [9.17, 15) is 14.9 Å². The maximum Gasteiger partial charge on any atom is 0.252 e. The van der Waals surface area contributed by atoms with Crippen molar-refractivity contribution >= 4 is 11.7 Å². The minimum absolute atomic E-state index is 0.0691. The first-order valence-corrected chi connectivity index (χ1v) is 13.9. The summed E-state index contributed by atoms with van der Waals surface area (Å²) in [5.74, 6) is -0.459. The second-order valence-electron chi connectivity index (χ2n) is 11.6. The van der Waals surface area contributed by atoms with E-state index in [2.05, 4.69) is 46.4 Å². The van der Waals surface area contributed by atoms with Crippen LogP contribution in [0.5, 0.6) is 0 Å². The number of aromatic nitrogens is 2. The molecule has 1 saturated heterocycles. The van der Waals surface area contributed by atoms with Gasteiger partial charge in [0.2, 0.25) is 0 Å². The molecule has 2 N–H and O–H groups in total. The number of Topliss-reactive ketones (excluding diaryl/α,β-unsaturated/α-hetero) is 1. The van der Waals surface area contributed by atoms with Crippen LogP contribution in [-0.2, 0) is 16.8 Å². The fourth-order valence-corrected chi connectivity index (χ4v) is 6.57. The van der Waals surface area contributed by atoms with Crippen LogP contribution in [0.15, 0.2) is 36.5 Å². The molecule has 0 spiro atoms. The highest BCUT2D eigenvalue weighted by atomic mass is 19.1. The van der Waals surface area contributed by atoms with Crippen LogP contribution >= 0.6 is 0 Å². The van der Waals surface area contributed by atoms with Crippen LogP contribution in [0.2, 0.25) is 0 Å². The Morgan fingerprint density at radius 3 is 2.51 bits per heavy atom. The highest BCUT2D eigenvalue weighted by Gasteiger charge is 2.48. The number of nitrogens with zero attached hydrogens (tertiary/aromatic N) is 5. The number of halogens is 1. The van der Waals surface area contributed by atoms with E-state index in [0.29, 0.717) is 31.2 Å². The van der Waals surface area contributed by atoms with Gasteiger partial charge in [-0.1, -0.05) is 30.3 Å². The molecule has 2 aliphatic carbocycles. The molecule has 4 atom stereocenters. The van der Waals surface area contributed by atoms with Gasteiger partial charge in [-0.15, -0.1) is 0 Å². The van der Waals surface area contributed by atoms with Crippen LogP contribution in [0.4, 0.5) is 4.39 Å². The van der Waals surface area contributed by atoms with Crippen molar-refractivity contribution in [2.24, 2.45) is 23.5 Å². The third-order valence-electron chi connectivity index (χ3n) is 9.11. The zero-order valence-corrected chi connectivity index (χ0v) is 22.1. The van der Waals surface area contributed by atoms with Gasteiger partial charge in [-0.2, -0.15) is 15.6 Å². The van der Waals surface area contributed by atoms with Gasteiger partial charge in [-0.3, -0.25) is 19.2 Å². The molecule has 1 amide bonds. The summed E-state index contributed by atoms with van der Waals surface area (Å²) in [7, 11) is 0. The third-order valence-corrected chi connectivity index (χ3v) is 9.11. The lowest BCUT2D eigenvalue weighted by atomic mass is 9.78. The number of carbonyl (C=O) groups excluding carboxylic acids is 2. The van der Waals surface area contributed by atoms with Gasteiger partial charge in [0.05, 0.1) is 42.2 Å². The Morgan fingerprint density at radius 1 is 1.15 bits per heavy atom. The Kier molecular flexibility index (Phi) is 7.81. The molecule has 2 aromatic rings. The van der Waals surface area contributed by atoms with Gasteiger partial charge in [-0.05, 0) is 55.9 Å². The van der Waals surface area contributed by atoms with Crippen molar-refractivity contribution in [3.05, 3.63) is 53.3 Å². The molecule has 5 rings (SSSR count). The maximum absolute atomic E-state index is 16.0. The van der Waals surface area contributed by atoms with Crippen molar-refractivity contribution in [2.45, 2.75) is 69.0 Å². The van der Waals surface area contributed by atoms with E-state index in [0.717, 1.165) is 32.2 Å². The largest absolute Gasteiger partial charge is 0.365 e. The number of piperidine rings is 1. The summed E-state index contributed by atoms with van der Waals surface area (Å²) in [4.78, 5) is 27.0. The molecule has 8 nitrogen and oxygen atoms in total. The van der Waals surface area contributed by atoms with Gasteiger partial charge in [0, 0.05) is 31.7 Å². The maximum atomic E-state index is 16.0. The monoisotopic (exact) mass is 530 g/mol. The van der Waals surface area contributed by atoms with Crippen LogP contribution in [0.25, 0.3) is 0 Å². The van der Waals surface area contributed by atoms with E-state index in [1.54, 1.807) is 0 Å². The molecule has 2 saturated carbocycles. The van der Waals surface area contributed by atoms with E-state index in [4.69, 9.17) is 11.0 Å². The third kappa shape index (κ3) is 5.60. The summed E-state index contributed by atoms with van der Waals surface area (Å²) >= 11 is 0. The predicted octanol–water partition coefficient (Wildman–Crippen LogP) is 3.88. The summed E-state index contributed by atoms with van der Waals surface area (Å²) in [5, 5.41) is 23.1. The van der Waals surface area contributed by atoms with E-state index in [1.165, 1.54) is 16.4 Å². The second-order valence-corrected chi connectivity index (χ2v) is 11.6. The number of primary amides is 1. The second kappa shape index (κ2) is 11.3. The molecule has 3 aliphatic rings. The van der Waals surface area contributed by atoms with Crippen LogP contribution in [0, 0.1) is 40.4 Å². The zero-order chi connectivity index (χ0) is 27.6. The van der Waals surface area contributed by atoms with Crippen molar-refractivity contribution in [3.8, 4) is 12.1 Å². The molecule has 0 bridgehead atoms. The molecule has 0 radical (unpaired) electrons. The number of benzene rings is 1. The lowest BCUT2D eigenvalue weighted by Gasteiger charge is -2.44. The van der Waals surface area contributed by atoms with Gasteiger partial charge in [0.15, 0.2) is 0 Å². The number of ketones is 1. The zero-order valence-electron chi connectivity index (χ0n) is 22.1. The SMILES string of the molecule is N#CCC1(n2cc(C(N)=O)c(CC(=O)C3CC3C#N)n2)CCN(CC2CCC(c3ccccc3)CC2)CC1F. The molecule has 1 aliphatic heterocycles. The molecule has 39 heavy (non-hydrogen) atoms. The summed E-state index contributed by atoms with van der Waals surface area (Å²) in [6.07, 6.45) is 5.18. The Bertz CT molecular complexity index is 1290. The van der Waals surface area contributed by atoms with Crippen LogP contribution in [0.1, 0.15) is 72.5 Å². The van der Waals surface area contributed by atoms with Crippen molar-refractivity contribution < 1.29 is 14.0 Å². The predicted molar refractivity (Wildman–Crippen MR) is 142 cm³/mol. The van der Waals surface area contributed by atoms with Crippen molar-refractivity contribution in [1.82, 2.24) is 14.7 Å². The quantitative estimate of drug-likeness (QED) is 0.524. The standard InChI is InChI=1S/C30H35FN6O2/c31-28-19-36(17-20-6-8-22(9-7-20)21-4-2-1-3-5-21)13-11-30(28,10-12-32)37-18-25(29(34)39)26(35-37)15-27(38)24-14-23(24)16-33/h1-5,18,20,22-24,28H,6-11,13-15,17,19H2,(H2,34,39). The Labute approximate surface area is 228 Å². The number of amides is 1. The van der Waals surface area contributed by atoms with Gasteiger partial charge < -0.3 is 5.73 Å². The van der Waals surface area contributed by atoms with Crippen LogP contribution < -0.4 is 5.73 Å². The van der Waals surface area contributed by atoms with E-state index < -0.39 is 17.6 Å². The van der Waals surface area contributed by atoms with E-state index in [-0.39, 0.29) is 48.3 Å². The van der Waals surface area contributed by atoms with Gasteiger partial charge in [-0.25, -0.2) is 4.39 Å². The number of alkyl halides is 1. The van der Waals surface area contributed by atoms with Crippen LogP contribution in [0.3, 0.4) is 0 Å². The molecule has 4 unspecified atom stereocenters. The first kappa shape index (κ1) is 27.0. The first-order valence-electron chi connectivity index (χ1n) is 13.9. The summed E-state index contributed by atoms with van der Waals surface area (Å²) < 4.78 is 17.4. The minimum atomic E-state index is -1.37. The summed E-state index contributed by atoms with van der Waals surface area (Å²) in [5.41, 5.74) is 6.02. The van der Waals surface area contributed by atoms with Gasteiger partial charge in [0.25, 0.3) is 5.91 Å². The molecule has 2 heterocycles. The lowest BCUT2D eigenvalue weighted by Crippen LogP contribution is -2.55. The average molecular weight is 531 g/mol. The summed E-state index contributed by atoms with van der Waals surface area (Å²) in [6, 6.07) is 14.8. The molecule has 1 aromatic heterocycles. The lowest BCUT2D eigenvalue weighted by molar-refractivity contribution is -0.119. The normalized spacial score (nSPS) is 30.7. The Balaban J connectivity index is 1.25. The molecule has 1 aromatic carbocycles. The van der Waals surface area contributed by atoms with Crippen LogP contribution in [-0.4, -0.2) is 52.2 Å². The molecular weight excluding hydrogens is 495 g/mol.